The van der Waals surface area contributed by atoms with E-state index in [-0.39, 0.29) is 12.6 Å². The molecule has 0 aliphatic carbocycles. The van der Waals surface area contributed by atoms with Crippen LogP contribution >= 0.6 is 0 Å². The van der Waals surface area contributed by atoms with E-state index in [9.17, 15) is 5.11 Å². The van der Waals surface area contributed by atoms with Crippen molar-refractivity contribution >= 4 is 34.2 Å². The number of fused-ring (bicyclic) bond motifs is 1. The highest BCUT2D eigenvalue weighted by atomic mass is 16.5. The molecule has 2 saturated heterocycles. The molecule has 7 heteroatoms. The summed E-state index contributed by atoms with van der Waals surface area (Å²) in [4.78, 5) is 18.7. The Bertz CT molecular complexity index is 936. The number of hydrogen-bond acceptors (Lipinski definition) is 7. The van der Waals surface area contributed by atoms with Gasteiger partial charge in [0.25, 0.3) is 0 Å². The van der Waals surface area contributed by atoms with Gasteiger partial charge < -0.3 is 19.6 Å². The number of allylic oxidation sites excluding steroid dienone is 1. The second kappa shape index (κ2) is 7.48. The Kier molecular flexibility index (Phi) is 4.70. The average Bonchev–Trinajstić information content (AvgIpc) is 3.45. The van der Waals surface area contributed by atoms with Crippen molar-refractivity contribution in [3.05, 3.63) is 30.1 Å². The lowest BCUT2D eigenvalue weighted by atomic mass is 10.1. The van der Waals surface area contributed by atoms with Crippen LogP contribution in [-0.4, -0.2) is 73.3 Å². The van der Waals surface area contributed by atoms with Crippen molar-refractivity contribution in [1.82, 2.24) is 9.97 Å². The molecule has 0 spiro atoms. The summed E-state index contributed by atoms with van der Waals surface area (Å²) in [7, 11) is 0. The molecular weight excluding hydrogens is 354 g/mol. The molecule has 0 unspecified atom stereocenters. The Hall–Kier alpha value is -2.51. The van der Waals surface area contributed by atoms with E-state index < -0.39 is 0 Å². The highest BCUT2D eigenvalue weighted by Crippen LogP contribution is 2.36. The van der Waals surface area contributed by atoms with Crippen LogP contribution in [0.3, 0.4) is 0 Å². The van der Waals surface area contributed by atoms with Gasteiger partial charge in [0.05, 0.1) is 43.8 Å². The molecular formula is C21H25N5O2. The lowest BCUT2D eigenvalue weighted by Gasteiger charge is -2.31. The zero-order valence-corrected chi connectivity index (χ0v) is 15.9. The molecule has 5 heterocycles. The fourth-order valence-corrected chi connectivity index (χ4v) is 4.39. The summed E-state index contributed by atoms with van der Waals surface area (Å²) >= 11 is 0. The van der Waals surface area contributed by atoms with E-state index in [4.69, 9.17) is 9.72 Å². The molecule has 3 aliphatic rings. The number of aliphatic hydroxyl groups is 1. The van der Waals surface area contributed by atoms with Gasteiger partial charge in [-0.25, -0.2) is 4.98 Å². The third-order valence-electron chi connectivity index (χ3n) is 5.87. The van der Waals surface area contributed by atoms with Gasteiger partial charge in [-0.1, -0.05) is 0 Å². The molecule has 28 heavy (non-hydrogen) atoms. The molecule has 0 saturated carbocycles. The zero-order chi connectivity index (χ0) is 18.9. The van der Waals surface area contributed by atoms with E-state index in [1.54, 1.807) is 0 Å². The van der Waals surface area contributed by atoms with Crippen LogP contribution in [0, 0.1) is 0 Å². The Balaban J connectivity index is 1.69. The standard InChI is InChI=1S/C21H25N5O2/c27-14-16-2-1-7-26(16)18-12-19(25-8-10-28-11-9-25)24-21-17(18)4-6-23-20(21)15-3-5-22-13-15/h3-6,12,16,27H,1-2,7-11,13-14H2/t16-/m1/s1. The smallest absolute Gasteiger partial charge is 0.131 e. The number of rotatable bonds is 4. The number of hydrogen-bond donors (Lipinski definition) is 1. The fraction of sp³-hybridized carbons (Fsp3) is 0.476. The van der Waals surface area contributed by atoms with Crippen LogP contribution in [-0.2, 0) is 4.74 Å². The minimum atomic E-state index is 0.161. The quantitative estimate of drug-likeness (QED) is 0.875. The molecule has 0 bridgehead atoms. The first-order valence-corrected chi connectivity index (χ1v) is 10.0. The number of aliphatic imine (C=N–C) groups is 1. The SMILES string of the molecule is OC[C@H]1CCCN1c1cc(N2CCOCC2)nc2c(C3=CC=NC3)nccc12. The van der Waals surface area contributed by atoms with Gasteiger partial charge in [0.15, 0.2) is 0 Å². The maximum atomic E-state index is 9.89. The maximum Gasteiger partial charge on any atom is 0.131 e. The predicted octanol–water partition coefficient (Wildman–Crippen LogP) is 1.90. The summed E-state index contributed by atoms with van der Waals surface area (Å²) in [6.45, 7) is 4.89. The first-order chi connectivity index (χ1) is 13.8. The highest BCUT2D eigenvalue weighted by molar-refractivity contribution is 6.01. The number of aliphatic hydroxyl groups excluding tert-OH is 1. The molecule has 0 aromatic carbocycles. The molecule has 3 aliphatic heterocycles. The predicted molar refractivity (Wildman–Crippen MR) is 111 cm³/mol. The van der Waals surface area contributed by atoms with Crippen LogP contribution < -0.4 is 9.80 Å². The fourth-order valence-electron chi connectivity index (χ4n) is 4.39. The van der Waals surface area contributed by atoms with E-state index in [0.717, 1.165) is 79.4 Å². The Morgan fingerprint density at radius 1 is 1.21 bits per heavy atom. The molecule has 2 aromatic heterocycles. The van der Waals surface area contributed by atoms with Crippen molar-refractivity contribution in [1.29, 1.82) is 0 Å². The molecule has 0 radical (unpaired) electrons. The second-order valence-electron chi connectivity index (χ2n) is 7.51. The third-order valence-corrected chi connectivity index (χ3v) is 5.87. The van der Waals surface area contributed by atoms with Crippen LogP contribution in [0.5, 0.6) is 0 Å². The minimum Gasteiger partial charge on any atom is -0.394 e. The van der Waals surface area contributed by atoms with E-state index in [2.05, 4.69) is 25.8 Å². The normalized spacial score (nSPS) is 22.3. The topological polar surface area (TPSA) is 74.1 Å². The van der Waals surface area contributed by atoms with Gasteiger partial charge in [-0.15, -0.1) is 0 Å². The third kappa shape index (κ3) is 3.04. The molecule has 2 fully saturated rings. The van der Waals surface area contributed by atoms with Crippen molar-refractivity contribution < 1.29 is 9.84 Å². The average molecular weight is 379 g/mol. The molecule has 0 amide bonds. The molecule has 1 N–H and O–H groups in total. The van der Waals surface area contributed by atoms with Gasteiger partial charge in [0.2, 0.25) is 0 Å². The van der Waals surface area contributed by atoms with E-state index in [0.29, 0.717) is 6.54 Å². The zero-order valence-electron chi connectivity index (χ0n) is 15.9. The molecule has 5 rings (SSSR count). The minimum absolute atomic E-state index is 0.161. The Labute approximate surface area is 164 Å². The molecule has 146 valence electrons. The maximum absolute atomic E-state index is 9.89. The van der Waals surface area contributed by atoms with Gasteiger partial charge in [0.1, 0.15) is 11.3 Å². The van der Waals surface area contributed by atoms with Crippen molar-refractivity contribution in [3.63, 3.8) is 0 Å². The molecule has 2 aromatic rings. The summed E-state index contributed by atoms with van der Waals surface area (Å²) in [5, 5.41) is 11.0. The van der Waals surface area contributed by atoms with Crippen molar-refractivity contribution in [3.8, 4) is 0 Å². The summed E-state index contributed by atoms with van der Waals surface area (Å²) in [5.41, 5.74) is 4.07. The van der Waals surface area contributed by atoms with E-state index in [1.165, 1.54) is 0 Å². The number of nitrogens with zero attached hydrogens (tertiary/aromatic N) is 5. The van der Waals surface area contributed by atoms with E-state index in [1.807, 2.05) is 24.6 Å². The summed E-state index contributed by atoms with van der Waals surface area (Å²) in [5.74, 6) is 0.961. The van der Waals surface area contributed by atoms with Crippen LogP contribution in [0.4, 0.5) is 11.5 Å². The first-order valence-electron chi connectivity index (χ1n) is 10.0. The Morgan fingerprint density at radius 3 is 2.89 bits per heavy atom. The van der Waals surface area contributed by atoms with Crippen molar-refractivity contribution in [2.45, 2.75) is 18.9 Å². The van der Waals surface area contributed by atoms with Gasteiger partial charge in [-0.2, -0.15) is 0 Å². The lowest BCUT2D eigenvalue weighted by Crippen LogP contribution is -2.37. The first kappa shape index (κ1) is 17.6. The number of morpholine rings is 1. The summed E-state index contributed by atoms with van der Waals surface area (Å²) in [6, 6.07) is 4.40. The number of aromatic nitrogens is 2. The summed E-state index contributed by atoms with van der Waals surface area (Å²) < 4.78 is 5.53. The van der Waals surface area contributed by atoms with Gasteiger partial charge in [-0.3, -0.25) is 9.98 Å². The number of anilines is 2. The summed E-state index contributed by atoms with van der Waals surface area (Å²) in [6.07, 6.45) is 7.84. The molecule has 7 nitrogen and oxygen atoms in total. The van der Waals surface area contributed by atoms with E-state index >= 15 is 0 Å². The monoisotopic (exact) mass is 379 g/mol. The van der Waals surface area contributed by atoms with Crippen LogP contribution in [0.15, 0.2) is 29.4 Å². The number of pyridine rings is 2. The largest absolute Gasteiger partial charge is 0.394 e. The van der Waals surface area contributed by atoms with Crippen LogP contribution in [0.2, 0.25) is 0 Å². The van der Waals surface area contributed by atoms with Gasteiger partial charge in [-0.05, 0) is 25.0 Å². The van der Waals surface area contributed by atoms with Crippen molar-refractivity contribution in [2.24, 2.45) is 4.99 Å². The van der Waals surface area contributed by atoms with Gasteiger partial charge >= 0.3 is 0 Å². The lowest BCUT2D eigenvalue weighted by molar-refractivity contribution is 0.122. The van der Waals surface area contributed by atoms with Crippen LogP contribution in [0.25, 0.3) is 16.5 Å². The Morgan fingerprint density at radius 2 is 2.11 bits per heavy atom. The second-order valence-corrected chi connectivity index (χ2v) is 7.51. The van der Waals surface area contributed by atoms with Crippen LogP contribution in [0.1, 0.15) is 18.5 Å². The number of ether oxygens (including phenoxy) is 1. The molecule has 1 atom stereocenters. The highest BCUT2D eigenvalue weighted by Gasteiger charge is 2.28. The van der Waals surface area contributed by atoms with Gasteiger partial charge in [0, 0.05) is 49.1 Å². The van der Waals surface area contributed by atoms with Crippen molar-refractivity contribution in [2.75, 3.05) is 55.8 Å².